The van der Waals surface area contributed by atoms with Gasteiger partial charge in [0.25, 0.3) is 0 Å². The minimum Gasteiger partial charge on any atom is -0.0622 e. The zero-order valence-electron chi connectivity index (χ0n) is 27.5. The molecule has 50 heavy (non-hydrogen) atoms. The summed E-state index contributed by atoms with van der Waals surface area (Å²) in [5.41, 5.74) is 9.97. The van der Waals surface area contributed by atoms with Crippen molar-refractivity contribution in [2.45, 2.75) is 0 Å². The van der Waals surface area contributed by atoms with Crippen molar-refractivity contribution in [2.75, 3.05) is 0 Å². The highest BCUT2D eigenvalue weighted by atomic mass is 14.2. The molecule has 0 bridgehead atoms. The molecule has 0 amide bonds. The molecule has 0 aliphatic heterocycles. The standard InChI is InChI=1S/C50H32/c1-2-14-35(15-3-1)41-28-29-46(43-19-9-8-18-42(41)43)50-45-21-11-10-20-44(45)49(40-25-23-34-13-5-7-17-37(34)31-40)48-32-39(26-27-47(48)50)38-24-22-33-12-4-6-16-36(33)30-38/h1-32H. The summed E-state index contributed by atoms with van der Waals surface area (Å²) in [6.07, 6.45) is 0. The molecule has 0 aliphatic carbocycles. The molecule has 0 atom stereocenters. The van der Waals surface area contributed by atoms with Gasteiger partial charge in [0.1, 0.15) is 0 Å². The normalized spacial score (nSPS) is 11.6. The second-order valence-corrected chi connectivity index (χ2v) is 13.3. The Labute approximate surface area is 291 Å². The fourth-order valence-electron chi connectivity index (χ4n) is 8.06. The molecule has 0 aliphatic rings. The van der Waals surface area contributed by atoms with E-state index in [4.69, 9.17) is 0 Å². The Balaban J connectivity index is 1.31. The Morgan fingerprint density at radius 1 is 0.200 bits per heavy atom. The summed E-state index contributed by atoms with van der Waals surface area (Å²) in [4.78, 5) is 0. The summed E-state index contributed by atoms with van der Waals surface area (Å²) in [6, 6.07) is 71.4. The van der Waals surface area contributed by atoms with Gasteiger partial charge in [-0.3, -0.25) is 0 Å². The Kier molecular flexibility index (Phi) is 6.60. The third-order valence-corrected chi connectivity index (χ3v) is 10.4. The minimum atomic E-state index is 1.22. The van der Waals surface area contributed by atoms with Gasteiger partial charge in [-0.25, -0.2) is 0 Å². The third-order valence-electron chi connectivity index (χ3n) is 10.4. The van der Waals surface area contributed by atoms with Crippen molar-refractivity contribution < 1.29 is 0 Å². The smallest absolute Gasteiger partial charge is 0.00201 e. The SMILES string of the molecule is c1ccc(-c2ccc(-c3c4ccccc4c(-c4ccc5ccccc5c4)c4cc(-c5ccc6ccccc6c5)ccc34)c3ccccc23)cc1. The van der Waals surface area contributed by atoms with Crippen LogP contribution in [-0.2, 0) is 0 Å². The molecule has 10 aromatic carbocycles. The molecule has 232 valence electrons. The number of hydrogen-bond donors (Lipinski definition) is 0. The van der Waals surface area contributed by atoms with Crippen molar-refractivity contribution in [1.82, 2.24) is 0 Å². The zero-order valence-corrected chi connectivity index (χ0v) is 27.5. The fourth-order valence-corrected chi connectivity index (χ4v) is 8.06. The first-order valence-corrected chi connectivity index (χ1v) is 17.3. The second kappa shape index (κ2) is 11.6. The lowest BCUT2D eigenvalue weighted by Crippen LogP contribution is -1.93. The van der Waals surface area contributed by atoms with E-state index in [1.807, 2.05) is 0 Å². The molecule has 0 N–H and O–H groups in total. The summed E-state index contributed by atoms with van der Waals surface area (Å²) >= 11 is 0. The molecular weight excluding hydrogens is 601 g/mol. The van der Waals surface area contributed by atoms with Crippen LogP contribution >= 0.6 is 0 Å². The first-order chi connectivity index (χ1) is 24.8. The van der Waals surface area contributed by atoms with Gasteiger partial charge in [-0.15, -0.1) is 0 Å². The lowest BCUT2D eigenvalue weighted by molar-refractivity contribution is 1.64. The van der Waals surface area contributed by atoms with Crippen LogP contribution in [0, 0.1) is 0 Å². The quantitative estimate of drug-likeness (QED) is 0.169. The summed E-state index contributed by atoms with van der Waals surface area (Å²) in [6.45, 7) is 0. The number of rotatable bonds is 4. The molecule has 0 heteroatoms. The van der Waals surface area contributed by atoms with E-state index in [0.717, 1.165) is 0 Å². The maximum absolute atomic E-state index is 2.43. The summed E-state index contributed by atoms with van der Waals surface area (Å²) in [5.74, 6) is 0. The molecule has 0 unspecified atom stereocenters. The minimum absolute atomic E-state index is 1.22. The molecule has 0 nitrogen and oxygen atoms in total. The van der Waals surface area contributed by atoms with Gasteiger partial charge in [-0.1, -0.05) is 176 Å². The lowest BCUT2D eigenvalue weighted by Gasteiger charge is -2.20. The van der Waals surface area contributed by atoms with Crippen molar-refractivity contribution in [3.05, 3.63) is 194 Å². The van der Waals surface area contributed by atoms with Crippen molar-refractivity contribution >= 4 is 53.9 Å². The monoisotopic (exact) mass is 632 g/mol. The molecule has 0 saturated carbocycles. The van der Waals surface area contributed by atoms with Gasteiger partial charge >= 0.3 is 0 Å². The number of benzene rings is 10. The van der Waals surface area contributed by atoms with E-state index < -0.39 is 0 Å². The summed E-state index contributed by atoms with van der Waals surface area (Å²) < 4.78 is 0. The highest BCUT2D eigenvalue weighted by molar-refractivity contribution is 6.25. The van der Waals surface area contributed by atoms with Crippen LogP contribution in [0.3, 0.4) is 0 Å². The fraction of sp³-hybridized carbons (Fsp3) is 0. The second-order valence-electron chi connectivity index (χ2n) is 13.3. The molecule has 0 spiro atoms. The van der Waals surface area contributed by atoms with Crippen LogP contribution in [0.2, 0.25) is 0 Å². The molecule has 10 aromatic rings. The van der Waals surface area contributed by atoms with Gasteiger partial charge in [-0.05, 0) is 117 Å². The molecule has 0 saturated heterocycles. The highest BCUT2D eigenvalue weighted by Gasteiger charge is 2.20. The summed E-state index contributed by atoms with van der Waals surface area (Å²) in [5, 5.41) is 12.6. The van der Waals surface area contributed by atoms with Gasteiger partial charge in [0.2, 0.25) is 0 Å². The first-order valence-electron chi connectivity index (χ1n) is 17.3. The van der Waals surface area contributed by atoms with E-state index >= 15 is 0 Å². The molecule has 10 rings (SSSR count). The van der Waals surface area contributed by atoms with Gasteiger partial charge < -0.3 is 0 Å². The van der Waals surface area contributed by atoms with Gasteiger partial charge in [0.05, 0.1) is 0 Å². The van der Waals surface area contributed by atoms with Crippen LogP contribution in [0.4, 0.5) is 0 Å². The Morgan fingerprint density at radius 2 is 0.660 bits per heavy atom. The molecule has 0 fully saturated rings. The highest BCUT2D eigenvalue weighted by Crippen LogP contribution is 2.47. The summed E-state index contributed by atoms with van der Waals surface area (Å²) in [7, 11) is 0. The topological polar surface area (TPSA) is 0 Å². The third kappa shape index (κ3) is 4.61. The molecule has 0 aromatic heterocycles. The van der Waals surface area contributed by atoms with Crippen LogP contribution in [0.25, 0.3) is 98.4 Å². The van der Waals surface area contributed by atoms with Crippen LogP contribution in [0.15, 0.2) is 194 Å². The van der Waals surface area contributed by atoms with Gasteiger partial charge in [0, 0.05) is 0 Å². The average Bonchev–Trinajstić information content (AvgIpc) is 3.19. The lowest BCUT2D eigenvalue weighted by atomic mass is 9.82. The van der Waals surface area contributed by atoms with Crippen molar-refractivity contribution in [3.8, 4) is 44.5 Å². The van der Waals surface area contributed by atoms with E-state index in [1.54, 1.807) is 0 Å². The van der Waals surface area contributed by atoms with Gasteiger partial charge in [0.15, 0.2) is 0 Å². The predicted octanol–water partition coefficient (Wildman–Crippen LogP) is 14.1. The van der Waals surface area contributed by atoms with E-state index in [-0.39, 0.29) is 0 Å². The van der Waals surface area contributed by atoms with Gasteiger partial charge in [-0.2, -0.15) is 0 Å². The number of fused-ring (bicyclic) bond motifs is 5. The zero-order chi connectivity index (χ0) is 33.0. The van der Waals surface area contributed by atoms with Crippen LogP contribution < -0.4 is 0 Å². The number of hydrogen-bond acceptors (Lipinski definition) is 0. The van der Waals surface area contributed by atoms with E-state index in [1.165, 1.54) is 98.4 Å². The largest absolute Gasteiger partial charge is 0.0622 e. The van der Waals surface area contributed by atoms with Crippen molar-refractivity contribution in [3.63, 3.8) is 0 Å². The van der Waals surface area contributed by atoms with Crippen LogP contribution in [0.1, 0.15) is 0 Å². The predicted molar refractivity (Wildman–Crippen MR) is 216 cm³/mol. The average molecular weight is 633 g/mol. The molecular formula is C50H32. The molecule has 0 heterocycles. The van der Waals surface area contributed by atoms with Crippen molar-refractivity contribution in [1.29, 1.82) is 0 Å². The maximum atomic E-state index is 2.43. The van der Waals surface area contributed by atoms with E-state index in [2.05, 4.69) is 194 Å². The van der Waals surface area contributed by atoms with E-state index in [0.29, 0.717) is 0 Å². The van der Waals surface area contributed by atoms with Crippen molar-refractivity contribution in [2.24, 2.45) is 0 Å². The Bertz CT molecular complexity index is 2910. The maximum Gasteiger partial charge on any atom is -0.00201 e. The first kappa shape index (κ1) is 28.5. The van der Waals surface area contributed by atoms with E-state index in [9.17, 15) is 0 Å². The Morgan fingerprint density at radius 3 is 1.36 bits per heavy atom. The molecule has 0 radical (unpaired) electrons. The van der Waals surface area contributed by atoms with Crippen LogP contribution in [-0.4, -0.2) is 0 Å². The Hall–Kier alpha value is -6.50. The van der Waals surface area contributed by atoms with Crippen LogP contribution in [0.5, 0.6) is 0 Å².